The number of carboxylic acid groups (broad SMARTS) is 1. The number of hydrogen-bond donors (Lipinski definition) is 3. The Kier molecular flexibility index (Phi) is 8.05. The Bertz CT molecular complexity index is 1320. The summed E-state index contributed by atoms with van der Waals surface area (Å²) in [5.74, 6) is -1.32. The number of nitrogens with two attached hydrogens (primary N) is 1. The number of rotatable bonds is 8. The predicted molar refractivity (Wildman–Crippen MR) is 148 cm³/mol. The SMILES string of the molecule is CCN(NC)c1ccc(C(CC(=O)O)c2ccc3c(c2)CN(C(=O)c2cccc(Cl)c2)CC3)c(C)c1N. The van der Waals surface area contributed by atoms with Crippen molar-refractivity contribution in [3.63, 3.8) is 0 Å². The molecule has 1 heterocycles. The van der Waals surface area contributed by atoms with Crippen molar-refractivity contribution in [1.82, 2.24) is 10.3 Å². The van der Waals surface area contributed by atoms with Crippen molar-refractivity contribution in [2.75, 3.05) is 30.9 Å². The molecule has 0 radical (unpaired) electrons. The van der Waals surface area contributed by atoms with Gasteiger partial charge in [0.05, 0.1) is 17.8 Å². The molecule has 3 aromatic rings. The van der Waals surface area contributed by atoms with Crippen LogP contribution in [0, 0.1) is 6.92 Å². The van der Waals surface area contributed by atoms with Gasteiger partial charge in [0, 0.05) is 43.2 Å². The quantitative estimate of drug-likeness (QED) is 0.286. The van der Waals surface area contributed by atoms with Crippen LogP contribution < -0.4 is 16.2 Å². The molecule has 1 amide bonds. The average molecular weight is 521 g/mol. The number of nitrogen functional groups attached to an aromatic ring is 1. The van der Waals surface area contributed by atoms with Crippen LogP contribution in [-0.2, 0) is 17.8 Å². The minimum atomic E-state index is -0.882. The van der Waals surface area contributed by atoms with E-state index in [0.29, 0.717) is 29.4 Å². The summed E-state index contributed by atoms with van der Waals surface area (Å²) >= 11 is 6.10. The number of carbonyl (C=O) groups excluding carboxylic acids is 1. The highest BCUT2D eigenvalue weighted by molar-refractivity contribution is 6.30. The molecular formula is C29H33ClN4O3. The largest absolute Gasteiger partial charge is 0.481 e. The van der Waals surface area contributed by atoms with E-state index in [-0.39, 0.29) is 18.2 Å². The second kappa shape index (κ2) is 11.2. The average Bonchev–Trinajstić information content (AvgIpc) is 2.89. The molecule has 194 valence electrons. The number of carboxylic acids is 1. The van der Waals surface area contributed by atoms with Gasteiger partial charge in [-0.3, -0.25) is 9.59 Å². The summed E-state index contributed by atoms with van der Waals surface area (Å²) in [5.41, 5.74) is 16.6. The van der Waals surface area contributed by atoms with Crippen molar-refractivity contribution in [3.05, 3.63) is 93.0 Å². The number of aliphatic carboxylic acids is 1. The summed E-state index contributed by atoms with van der Waals surface area (Å²) in [6.07, 6.45) is 0.677. The van der Waals surface area contributed by atoms with E-state index in [1.54, 1.807) is 24.3 Å². The van der Waals surface area contributed by atoms with E-state index in [0.717, 1.165) is 40.9 Å². The second-order valence-electron chi connectivity index (χ2n) is 9.35. The zero-order chi connectivity index (χ0) is 26.7. The number of carbonyl (C=O) groups is 2. The molecule has 0 aromatic heterocycles. The van der Waals surface area contributed by atoms with E-state index < -0.39 is 5.97 Å². The molecule has 0 aliphatic carbocycles. The predicted octanol–water partition coefficient (Wildman–Crippen LogP) is 5.00. The minimum absolute atomic E-state index is 0.0624. The first-order chi connectivity index (χ1) is 17.7. The lowest BCUT2D eigenvalue weighted by molar-refractivity contribution is -0.137. The Hall–Kier alpha value is -3.55. The van der Waals surface area contributed by atoms with Crippen molar-refractivity contribution >= 4 is 34.9 Å². The molecule has 37 heavy (non-hydrogen) atoms. The summed E-state index contributed by atoms with van der Waals surface area (Å²) in [4.78, 5) is 26.9. The Labute approximate surface area is 222 Å². The lowest BCUT2D eigenvalue weighted by atomic mass is 9.83. The monoisotopic (exact) mass is 520 g/mol. The molecular weight excluding hydrogens is 488 g/mol. The van der Waals surface area contributed by atoms with E-state index in [1.165, 1.54) is 5.56 Å². The molecule has 7 nitrogen and oxygen atoms in total. The molecule has 4 rings (SSSR count). The van der Waals surface area contributed by atoms with Gasteiger partial charge in [0.25, 0.3) is 5.91 Å². The number of halogens is 1. The third-order valence-corrected chi connectivity index (χ3v) is 7.40. The maximum Gasteiger partial charge on any atom is 0.304 e. The van der Waals surface area contributed by atoms with Crippen molar-refractivity contribution in [2.24, 2.45) is 0 Å². The first-order valence-electron chi connectivity index (χ1n) is 12.5. The fraction of sp³-hybridized carbons (Fsp3) is 0.310. The van der Waals surface area contributed by atoms with Crippen LogP contribution in [0.15, 0.2) is 54.6 Å². The van der Waals surface area contributed by atoms with E-state index in [4.69, 9.17) is 17.3 Å². The molecule has 0 saturated carbocycles. The molecule has 0 spiro atoms. The highest BCUT2D eigenvalue weighted by Gasteiger charge is 2.26. The van der Waals surface area contributed by atoms with Crippen molar-refractivity contribution in [2.45, 2.75) is 39.2 Å². The van der Waals surface area contributed by atoms with Gasteiger partial charge in [-0.15, -0.1) is 0 Å². The minimum Gasteiger partial charge on any atom is -0.481 e. The Morgan fingerprint density at radius 2 is 1.95 bits per heavy atom. The van der Waals surface area contributed by atoms with Crippen molar-refractivity contribution in [3.8, 4) is 0 Å². The van der Waals surface area contributed by atoms with Gasteiger partial charge >= 0.3 is 5.97 Å². The summed E-state index contributed by atoms with van der Waals surface area (Å²) in [7, 11) is 1.84. The van der Waals surface area contributed by atoms with Crippen LogP contribution in [0.3, 0.4) is 0 Å². The number of nitrogens with zero attached hydrogens (tertiary/aromatic N) is 2. The summed E-state index contributed by atoms with van der Waals surface area (Å²) in [6, 6.07) is 17.0. The molecule has 0 bridgehead atoms. The number of benzene rings is 3. The molecule has 0 fully saturated rings. The first-order valence-corrected chi connectivity index (χ1v) is 12.8. The maximum absolute atomic E-state index is 13.1. The fourth-order valence-corrected chi connectivity index (χ4v) is 5.34. The molecule has 1 aliphatic heterocycles. The summed E-state index contributed by atoms with van der Waals surface area (Å²) < 4.78 is 0. The molecule has 3 aromatic carbocycles. The van der Waals surface area contributed by atoms with E-state index in [2.05, 4.69) is 17.6 Å². The van der Waals surface area contributed by atoms with Gasteiger partial charge in [0.15, 0.2) is 0 Å². The zero-order valence-electron chi connectivity index (χ0n) is 21.4. The van der Waals surface area contributed by atoms with Gasteiger partial charge in [-0.25, -0.2) is 5.43 Å². The van der Waals surface area contributed by atoms with Gasteiger partial charge in [0.2, 0.25) is 0 Å². The fourth-order valence-electron chi connectivity index (χ4n) is 5.15. The standard InChI is InChI=1S/C29H33ClN4O3/c1-4-34(32-3)26-11-10-24(18(2)28(26)31)25(16-27(35)36)20-9-8-19-12-13-33(17-22(19)14-20)29(37)21-6-5-7-23(30)15-21/h5-11,14-15,25,32H,4,12-13,16-17,31H2,1-3H3,(H,35,36). The number of amides is 1. The lowest BCUT2D eigenvalue weighted by Crippen LogP contribution is -2.36. The van der Waals surface area contributed by atoms with Crippen molar-refractivity contribution in [1.29, 1.82) is 0 Å². The number of fused-ring (bicyclic) bond motifs is 1. The Morgan fingerprint density at radius 3 is 2.62 bits per heavy atom. The summed E-state index contributed by atoms with van der Waals surface area (Å²) in [5, 5.41) is 12.2. The molecule has 4 N–H and O–H groups in total. The van der Waals surface area contributed by atoms with E-state index in [9.17, 15) is 14.7 Å². The second-order valence-corrected chi connectivity index (χ2v) is 9.78. The highest BCUT2D eigenvalue weighted by Crippen LogP contribution is 2.37. The topological polar surface area (TPSA) is 98.9 Å². The molecule has 0 saturated heterocycles. The van der Waals surface area contributed by atoms with Gasteiger partial charge in [-0.1, -0.05) is 41.9 Å². The van der Waals surface area contributed by atoms with Crippen LogP contribution in [0.2, 0.25) is 5.02 Å². The van der Waals surface area contributed by atoms with Crippen LogP contribution in [-0.4, -0.2) is 42.0 Å². The maximum atomic E-state index is 13.1. The van der Waals surface area contributed by atoms with Crippen LogP contribution >= 0.6 is 11.6 Å². The molecule has 8 heteroatoms. The van der Waals surface area contributed by atoms with Gasteiger partial charge in [-0.05, 0) is 72.4 Å². The first kappa shape index (κ1) is 26.5. The highest BCUT2D eigenvalue weighted by atomic mass is 35.5. The third-order valence-electron chi connectivity index (χ3n) is 7.17. The third kappa shape index (κ3) is 5.58. The number of nitrogens with one attached hydrogen (secondary N) is 1. The van der Waals surface area contributed by atoms with Crippen LogP contribution in [0.5, 0.6) is 0 Å². The normalized spacial score (nSPS) is 13.7. The van der Waals surface area contributed by atoms with Crippen molar-refractivity contribution < 1.29 is 14.7 Å². The Balaban J connectivity index is 1.68. The zero-order valence-corrected chi connectivity index (χ0v) is 22.2. The smallest absolute Gasteiger partial charge is 0.304 e. The van der Waals surface area contributed by atoms with Gasteiger partial charge < -0.3 is 20.7 Å². The van der Waals surface area contributed by atoms with E-state index in [1.807, 2.05) is 49.0 Å². The molecule has 1 aliphatic rings. The van der Waals surface area contributed by atoms with E-state index >= 15 is 0 Å². The van der Waals surface area contributed by atoms with Crippen LogP contribution in [0.1, 0.15) is 57.4 Å². The summed E-state index contributed by atoms with van der Waals surface area (Å²) in [6.45, 7) is 5.78. The molecule has 1 atom stereocenters. The number of hydrogen-bond acceptors (Lipinski definition) is 5. The number of hydrazine groups is 1. The lowest BCUT2D eigenvalue weighted by Gasteiger charge is -2.30. The molecule has 1 unspecified atom stereocenters. The van der Waals surface area contributed by atoms with Gasteiger partial charge in [-0.2, -0.15) is 0 Å². The van der Waals surface area contributed by atoms with Gasteiger partial charge in [0.1, 0.15) is 0 Å². The van der Waals surface area contributed by atoms with Crippen LogP contribution in [0.4, 0.5) is 11.4 Å². The van der Waals surface area contributed by atoms with Crippen LogP contribution in [0.25, 0.3) is 0 Å². The number of anilines is 2. The Morgan fingerprint density at radius 1 is 1.16 bits per heavy atom.